The van der Waals surface area contributed by atoms with Gasteiger partial charge in [0.2, 0.25) is 0 Å². The molecule has 8 nitrogen and oxygen atoms in total. The monoisotopic (exact) mass is 284 g/mol. The fraction of sp³-hybridized carbons (Fsp3) is 0.200. The van der Waals surface area contributed by atoms with Gasteiger partial charge in [-0.15, -0.1) is 0 Å². The number of nitrogens with zero attached hydrogens (tertiary/aromatic N) is 2. The second kappa shape index (κ2) is 4.88. The number of aliphatic carboxylic acids is 1. The number of aromatic nitrogens is 2. The van der Waals surface area contributed by atoms with Crippen LogP contribution in [0.4, 0.5) is 0 Å². The Morgan fingerprint density at radius 3 is 2.21 bits per heavy atom. The number of carboxylic acid groups (broad SMARTS) is 2. The highest BCUT2D eigenvalue weighted by atomic mass is 32.1. The number of benzene rings is 1. The molecule has 2 aromatic rings. The predicted octanol–water partition coefficient (Wildman–Crippen LogP) is -0.132. The zero-order chi connectivity index (χ0) is 14.2. The molecule has 4 N–H and O–H groups in total. The third-order valence-electron chi connectivity index (χ3n) is 2.53. The predicted molar refractivity (Wildman–Crippen MR) is 63.0 cm³/mol. The molecule has 1 aromatic carbocycles. The van der Waals surface area contributed by atoms with Crippen LogP contribution < -0.4 is 0 Å². The van der Waals surface area contributed by atoms with Gasteiger partial charge in [-0.2, -0.15) is 8.75 Å². The number of aliphatic hydroxyl groups excluding tert-OH is 2. The molecule has 0 radical (unpaired) electrons. The zero-order valence-electron chi connectivity index (χ0n) is 9.22. The summed E-state index contributed by atoms with van der Waals surface area (Å²) >= 11 is 0.855. The minimum absolute atomic E-state index is 0.220. The van der Waals surface area contributed by atoms with E-state index >= 15 is 0 Å². The molecule has 1 aromatic heterocycles. The topological polar surface area (TPSA) is 141 Å². The van der Waals surface area contributed by atoms with Gasteiger partial charge < -0.3 is 20.4 Å². The Morgan fingerprint density at radius 1 is 1.11 bits per heavy atom. The lowest BCUT2D eigenvalue weighted by atomic mass is 9.97. The molecule has 0 unspecified atom stereocenters. The van der Waals surface area contributed by atoms with Crippen LogP contribution in [0.3, 0.4) is 0 Å². The number of aliphatic hydroxyl groups is 2. The molecular formula is C10H8N2O6S. The van der Waals surface area contributed by atoms with Gasteiger partial charge in [0.1, 0.15) is 17.1 Å². The summed E-state index contributed by atoms with van der Waals surface area (Å²) in [5.41, 5.74) is 0.0976. The fourth-order valence-corrected chi connectivity index (χ4v) is 2.09. The van der Waals surface area contributed by atoms with Gasteiger partial charge in [0.25, 0.3) is 0 Å². The van der Waals surface area contributed by atoms with Gasteiger partial charge in [-0.05, 0) is 12.1 Å². The van der Waals surface area contributed by atoms with Gasteiger partial charge in [-0.1, -0.05) is 0 Å². The Bertz CT molecular complexity index is 655. The first kappa shape index (κ1) is 13.3. The van der Waals surface area contributed by atoms with Crippen molar-refractivity contribution < 1.29 is 30.0 Å². The van der Waals surface area contributed by atoms with Gasteiger partial charge in [-0.3, -0.25) is 0 Å². The summed E-state index contributed by atoms with van der Waals surface area (Å²) in [6.45, 7) is 0. The molecule has 100 valence electrons. The average Bonchev–Trinajstić information content (AvgIpc) is 2.82. The second-order valence-corrected chi connectivity index (χ2v) is 4.25. The third kappa shape index (κ3) is 2.38. The Balaban J connectivity index is 2.59. The molecular weight excluding hydrogens is 276 g/mol. The lowest BCUT2D eigenvalue weighted by Gasteiger charge is -2.16. The number of rotatable bonds is 4. The first-order valence-corrected chi connectivity index (χ1v) is 5.73. The van der Waals surface area contributed by atoms with Crippen LogP contribution in [0.5, 0.6) is 0 Å². The number of fused-ring (bicyclic) bond motifs is 1. The fourth-order valence-electron chi connectivity index (χ4n) is 1.58. The highest BCUT2D eigenvalue weighted by Crippen LogP contribution is 2.26. The van der Waals surface area contributed by atoms with Crippen molar-refractivity contribution in [2.75, 3.05) is 0 Å². The van der Waals surface area contributed by atoms with E-state index in [9.17, 15) is 19.8 Å². The van der Waals surface area contributed by atoms with Crippen LogP contribution in [0.15, 0.2) is 12.1 Å². The average molecular weight is 284 g/mol. The largest absolute Gasteiger partial charge is 0.479 e. The van der Waals surface area contributed by atoms with Crippen LogP contribution in [-0.2, 0) is 4.79 Å². The molecule has 0 saturated heterocycles. The quantitative estimate of drug-likeness (QED) is 0.608. The Labute approximate surface area is 109 Å². The molecule has 0 amide bonds. The van der Waals surface area contributed by atoms with Crippen molar-refractivity contribution >= 4 is 34.7 Å². The van der Waals surface area contributed by atoms with Crippen molar-refractivity contribution in [3.63, 3.8) is 0 Å². The van der Waals surface area contributed by atoms with E-state index in [1.807, 2.05) is 0 Å². The molecule has 9 heteroatoms. The summed E-state index contributed by atoms with van der Waals surface area (Å²) in [4.78, 5) is 21.7. The lowest BCUT2D eigenvalue weighted by Crippen LogP contribution is -2.28. The third-order valence-corrected chi connectivity index (χ3v) is 3.08. The van der Waals surface area contributed by atoms with Crippen LogP contribution in [0.1, 0.15) is 22.0 Å². The number of hydrogen-bond donors (Lipinski definition) is 4. The minimum Gasteiger partial charge on any atom is -0.479 e. The van der Waals surface area contributed by atoms with E-state index in [1.165, 1.54) is 12.1 Å². The van der Waals surface area contributed by atoms with Gasteiger partial charge in [0.15, 0.2) is 6.10 Å². The highest BCUT2D eigenvalue weighted by molar-refractivity contribution is 7.00. The van der Waals surface area contributed by atoms with Crippen LogP contribution in [0.2, 0.25) is 0 Å². The first-order valence-electron chi connectivity index (χ1n) is 5.00. The van der Waals surface area contributed by atoms with E-state index < -0.39 is 24.1 Å². The summed E-state index contributed by atoms with van der Waals surface area (Å²) < 4.78 is 7.71. The van der Waals surface area contributed by atoms with Gasteiger partial charge in [-0.25, -0.2) is 9.59 Å². The first-order chi connectivity index (χ1) is 8.91. The number of carbonyl (C=O) groups is 2. The Kier molecular flexibility index (Phi) is 3.42. The van der Waals surface area contributed by atoms with Crippen LogP contribution in [0, 0.1) is 0 Å². The van der Waals surface area contributed by atoms with Crippen molar-refractivity contribution in [3.05, 3.63) is 23.3 Å². The lowest BCUT2D eigenvalue weighted by molar-refractivity contribution is -0.153. The zero-order valence-corrected chi connectivity index (χ0v) is 10.0. The number of aromatic carboxylic acids is 1. The van der Waals surface area contributed by atoms with Gasteiger partial charge in [0, 0.05) is 5.56 Å². The van der Waals surface area contributed by atoms with Crippen LogP contribution >= 0.6 is 11.7 Å². The normalized spacial score (nSPS) is 14.2. The van der Waals surface area contributed by atoms with E-state index in [2.05, 4.69) is 8.75 Å². The standard InChI is InChI=1S/C10H8N2O6S/c13-7(8(14)10(17)18)3-1-5-6(12-19-11-5)2-4(3)9(15)16/h1-2,7-8,13-14H,(H,15,16)(H,17,18)/t7-,8-/m0/s1. The maximum Gasteiger partial charge on any atom is 0.336 e. The van der Waals surface area contributed by atoms with E-state index in [4.69, 9.17) is 10.2 Å². The molecule has 0 fully saturated rings. The van der Waals surface area contributed by atoms with Crippen molar-refractivity contribution in [2.24, 2.45) is 0 Å². The molecule has 2 rings (SSSR count). The van der Waals surface area contributed by atoms with Crippen LogP contribution in [-0.4, -0.2) is 47.2 Å². The minimum atomic E-state index is -2.12. The number of carboxylic acids is 2. The second-order valence-electron chi connectivity index (χ2n) is 3.73. The Morgan fingerprint density at radius 2 is 1.68 bits per heavy atom. The van der Waals surface area contributed by atoms with Crippen LogP contribution in [0.25, 0.3) is 11.0 Å². The summed E-state index contributed by atoms with van der Waals surface area (Å²) in [6.07, 6.45) is -3.99. The summed E-state index contributed by atoms with van der Waals surface area (Å²) in [7, 11) is 0. The molecule has 2 atom stereocenters. The summed E-state index contributed by atoms with van der Waals surface area (Å²) in [5.74, 6) is -3.01. The van der Waals surface area contributed by atoms with Crippen molar-refractivity contribution in [3.8, 4) is 0 Å². The van der Waals surface area contributed by atoms with E-state index in [0.717, 1.165) is 11.7 Å². The molecule has 0 aliphatic rings. The van der Waals surface area contributed by atoms with Crippen molar-refractivity contribution in [1.29, 1.82) is 0 Å². The molecule has 0 bridgehead atoms. The molecule has 19 heavy (non-hydrogen) atoms. The molecule has 0 aliphatic heterocycles. The van der Waals surface area contributed by atoms with E-state index in [0.29, 0.717) is 11.0 Å². The maximum absolute atomic E-state index is 11.1. The Hall–Kier alpha value is -2.10. The van der Waals surface area contributed by atoms with Crippen molar-refractivity contribution in [2.45, 2.75) is 12.2 Å². The maximum atomic E-state index is 11.1. The molecule has 0 saturated carbocycles. The molecule has 0 aliphatic carbocycles. The van der Waals surface area contributed by atoms with E-state index in [-0.39, 0.29) is 11.1 Å². The van der Waals surface area contributed by atoms with Crippen molar-refractivity contribution in [1.82, 2.24) is 8.75 Å². The molecule has 0 spiro atoms. The summed E-state index contributed by atoms with van der Waals surface area (Å²) in [6, 6.07) is 2.38. The summed E-state index contributed by atoms with van der Waals surface area (Å²) in [5, 5.41) is 36.7. The molecule has 1 heterocycles. The smallest absolute Gasteiger partial charge is 0.336 e. The highest BCUT2D eigenvalue weighted by Gasteiger charge is 2.29. The van der Waals surface area contributed by atoms with Gasteiger partial charge >= 0.3 is 11.9 Å². The number of hydrogen-bond acceptors (Lipinski definition) is 7. The SMILES string of the molecule is O=C(O)c1cc2nsnc2cc1[C@H](O)[C@H](O)C(=O)O. The van der Waals surface area contributed by atoms with E-state index in [1.54, 1.807) is 0 Å². The van der Waals surface area contributed by atoms with Gasteiger partial charge in [0.05, 0.1) is 17.3 Å².